The normalized spacial score (nSPS) is 22.3. The lowest BCUT2D eigenvalue weighted by molar-refractivity contribution is -0.128. The van der Waals surface area contributed by atoms with Crippen LogP contribution in [0.3, 0.4) is 0 Å². The molecular formula is C13H14O2. The highest BCUT2D eigenvalue weighted by Gasteiger charge is 2.48. The summed E-state index contributed by atoms with van der Waals surface area (Å²) in [5.74, 6) is 0.748. The molecule has 1 N–H and O–H groups in total. The van der Waals surface area contributed by atoms with Crippen LogP contribution < -0.4 is 0 Å². The molecule has 0 saturated heterocycles. The van der Waals surface area contributed by atoms with E-state index in [2.05, 4.69) is 0 Å². The van der Waals surface area contributed by atoms with Crippen molar-refractivity contribution in [3.05, 3.63) is 29.3 Å². The second-order valence-electron chi connectivity index (χ2n) is 4.66. The third-order valence-electron chi connectivity index (χ3n) is 4.01. The summed E-state index contributed by atoms with van der Waals surface area (Å²) in [4.78, 5) is 12.0. The van der Waals surface area contributed by atoms with Gasteiger partial charge in [-0.3, -0.25) is 4.79 Å². The van der Waals surface area contributed by atoms with E-state index in [-0.39, 0.29) is 5.41 Å². The molecule has 1 aromatic rings. The Hall–Kier alpha value is -1.31. The highest BCUT2D eigenvalue weighted by Crippen LogP contribution is 2.50. The number of rotatable bonds is 0. The first kappa shape index (κ1) is 8.96. The Morgan fingerprint density at radius 2 is 2.00 bits per heavy atom. The number of carbonyl (C=O) groups excluding carboxylic acids is 1. The molecule has 0 radical (unpaired) electrons. The molecule has 0 atom stereocenters. The lowest BCUT2D eigenvalue weighted by Gasteiger charge is -2.44. The topological polar surface area (TPSA) is 37.3 Å². The average Bonchev–Trinajstić information content (AvgIpc) is 2.15. The Morgan fingerprint density at radius 1 is 1.20 bits per heavy atom. The minimum atomic E-state index is -0.216. The molecule has 2 aliphatic rings. The molecule has 0 unspecified atom stereocenters. The molecule has 1 saturated carbocycles. The van der Waals surface area contributed by atoms with Crippen molar-refractivity contribution in [1.82, 2.24) is 0 Å². The van der Waals surface area contributed by atoms with E-state index < -0.39 is 0 Å². The van der Waals surface area contributed by atoms with Crippen molar-refractivity contribution < 1.29 is 9.90 Å². The van der Waals surface area contributed by atoms with Crippen molar-refractivity contribution in [2.24, 2.45) is 0 Å². The van der Waals surface area contributed by atoms with Crippen molar-refractivity contribution in [3.63, 3.8) is 0 Å². The van der Waals surface area contributed by atoms with Gasteiger partial charge in [-0.1, -0.05) is 18.6 Å². The van der Waals surface area contributed by atoms with E-state index in [0.717, 1.165) is 30.4 Å². The van der Waals surface area contributed by atoms with Gasteiger partial charge in [0.15, 0.2) is 0 Å². The largest absolute Gasteiger partial charge is 0.508 e. The number of carbonyl (C=O) groups is 1. The average molecular weight is 202 g/mol. The summed E-state index contributed by atoms with van der Waals surface area (Å²) in [5.41, 5.74) is 1.90. The van der Waals surface area contributed by atoms with E-state index in [9.17, 15) is 9.90 Å². The maximum Gasteiger partial charge on any atom is 0.143 e. The summed E-state index contributed by atoms with van der Waals surface area (Å²) in [7, 11) is 0. The van der Waals surface area contributed by atoms with Crippen LogP contribution in [0.25, 0.3) is 0 Å². The number of benzene rings is 1. The van der Waals surface area contributed by atoms with E-state index in [1.54, 1.807) is 6.07 Å². The summed E-state index contributed by atoms with van der Waals surface area (Å²) in [5, 5.41) is 9.78. The minimum absolute atomic E-state index is 0.216. The minimum Gasteiger partial charge on any atom is -0.508 e. The second kappa shape index (κ2) is 2.84. The number of phenols is 1. The van der Waals surface area contributed by atoms with Gasteiger partial charge in [-0.15, -0.1) is 0 Å². The first-order chi connectivity index (χ1) is 7.24. The molecule has 2 aliphatic carbocycles. The van der Waals surface area contributed by atoms with Crippen LogP contribution in [0.15, 0.2) is 18.2 Å². The van der Waals surface area contributed by atoms with Gasteiger partial charge < -0.3 is 5.11 Å². The van der Waals surface area contributed by atoms with Gasteiger partial charge in [0.25, 0.3) is 0 Å². The Balaban J connectivity index is 2.20. The zero-order valence-corrected chi connectivity index (χ0v) is 8.62. The Labute approximate surface area is 88.9 Å². The van der Waals surface area contributed by atoms with E-state index in [1.165, 1.54) is 0 Å². The number of ketones is 1. The highest BCUT2D eigenvalue weighted by molar-refractivity contribution is 5.93. The molecule has 78 valence electrons. The van der Waals surface area contributed by atoms with Gasteiger partial charge in [0.05, 0.1) is 5.41 Å². The predicted molar refractivity (Wildman–Crippen MR) is 57.0 cm³/mol. The third-order valence-corrected chi connectivity index (χ3v) is 4.01. The van der Waals surface area contributed by atoms with Crippen molar-refractivity contribution in [2.45, 2.75) is 37.5 Å². The Bertz CT molecular complexity index is 430. The van der Waals surface area contributed by atoms with Crippen LogP contribution in [0, 0.1) is 0 Å². The molecule has 1 fully saturated rings. The van der Waals surface area contributed by atoms with Gasteiger partial charge in [0, 0.05) is 6.42 Å². The lowest BCUT2D eigenvalue weighted by atomic mass is 9.57. The van der Waals surface area contributed by atoms with E-state index in [1.807, 2.05) is 12.1 Å². The van der Waals surface area contributed by atoms with Crippen LogP contribution in [-0.2, 0) is 16.6 Å². The number of hydrogen-bond donors (Lipinski definition) is 1. The van der Waals surface area contributed by atoms with Crippen molar-refractivity contribution in [1.29, 1.82) is 0 Å². The van der Waals surface area contributed by atoms with Gasteiger partial charge in [-0.2, -0.15) is 0 Å². The monoisotopic (exact) mass is 202 g/mol. The van der Waals surface area contributed by atoms with Crippen LogP contribution in [0.1, 0.15) is 36.8 Å². The summed E-state index contributed by atoms with van der Waals surface area (Å²) < 4.78 is 0. The maximum absolute atomic E-state index is 12.0. The van der Waals surface area contributed by atoms with Crippen molar-refractivity contribution in [2.75, 3.05) is 0 Å². The van der Waals surface area contributed by atoms with Gasteiger partial charge in [-0.05, 0) is 36.5 Å². The predicted octanol–water partition coefficient (Wildman–Crippen LogP) is 2.33. The smallest absolute Gasteiger partial charge is 0.143 e. The van der Waals surface area contributed by atoms with Gasteiger partial charge in [0.1, 0.15) is 11.5 Å². The van der Waals surface area contributed by atoms with Gasteiger partial charge in [-0.25, -0.2) is 0 Å². The van der Waals surface area contributed by atoms with Crippen molar-refractivity contribution in [3.8, 4) is 5.75 Å². The molecule has 15 heavy (non-hydrogen) atoms. The summed E-state index contributed by atoms with van der Waals surface area (Å²) in [6.07, 6.45) is 4.40. The van der Waals surface area contributed by atoms with Gasteiger partial charge in [0.2, 0.25) is 0 Å². The van der Waals surface area contributed by atoms with E-state index in [4.69, 9.17) is 0 Å². The summed E-state index contributed by atoms with van der Waals surface area (Å²) in [6.45, 7) is 0. The fourth-order valence-electron chi connectivity index (χ4n) is 2.99. The fourth-order valence-corrected chi connectivity index (χ4v) is 2.99. The second-order valence-corrected chi connectivity index (χ2v) is 4.66. The quantitative estimate of drug-likeness (QED) is 0.701. The van der Waals surface area contributed by atoms with Crippen LogP contribution >= 0.6 is 0 Å². The van der Waals surface area contributed by atoms with E-state index >= 15 is 0 Å². The Morgan fingerprint density at radius 3 is 2.67 bits per heavy atom. The molecule has 1 aromatic carbocycles. The SMILES string of the molecule is O=C1CCc2c(O)cccc2C12CCC2. The maximum atomic E-state index is 12.0. The molecule has 3 rings (SSSR count). The first-order valence-electron chi connectivity index (χ1n) is 5.59. The highest BCUT2D eigenvalue weighted by atomic mass is 16.3. The van der Waals surface area contributed by atoms with Gasteiger partial charge >= 0.3 is 0 Å². The number of fused-ring (bicyclic) bond motifs is 2. The molecule has 0 aromatic heterocycles. The fraction of sp³-hybridized carbons (Fsp3) is 0.462. The molecule has 0 amide bonds. The number of hydrogen-bond acceptors (Lipinski definition) is 2. The lowest BCUT2D eigenvalue weighted by Crippen LogP contribution is -2.45. The van der Waals surface area contributed by atoms with Crippen molar-refractivity contribution >= 4 is 5.78 Å². The summed E-state index contributed by atoms with van der Waals surface area (Å²) in [6, 6.07) is 5.60. The number of Topliss-reactive ketones (excluding diaryl/α,β-unsaturated/α-hetero) is 1. The molecule has 1 spiro atoms. The molecular weight excluding hydrogens is 188 g/mol. The molecule has 0 bridgehead atoms. The summed E-state index contributed by atoms with van der Waals surface area (Å²) >= 11 is 0. The Kier molecular flexibility index (Phi) is 1.70. The van der Waals surface area contributed by atoms with Crippen LogP contribution in [0.4, 0.5) is 0 Å². The zero-order valence-electron chi connectivity index (χ0n) is 8.62. The van der Waals surface area contributed by atoms with Crippen LogP contribution in [0.2, 0.25) is 0 Å². The zero-order chi connectivity index (χ0) is 10.5. The molecule has 2 heteroatoms. The standard InChI is InChI=1S/C13H14O2/c14-11-4-1-3-10-9(11)5-6-12(15)13(10)7-2-8-13/h1,3-4,14H,2,5-8H2. The molecule has 2 nitrogen and oxygen atoms in total. The first-order valence-corrected chi connectivity index (χ1v) is 5.59. The molecule has 0 heterocycles. The number of phenolic OH excluding ortho intramolecular Hbond substituents is 1. The van der Waals surface area contributed by atoms with Crippen LogP contribution in [0.5, 0.6) is 5.75 Å². The van der Waals surface area contributed by atoms with Crippen LogP contribution in [-0.4, -0.2) is 10.9 Å². The third kappa shape index (κ3) is 1.02. The number of aromatic hydroxyl groups is 1. The van der Waals surface area contributed by atoms with E-state index in [0.29, 0.717) is 24.4 Å². The molecule has 0 aliphatic heterocycles.